The molecule has 3 aromatic carbocycles. The molecule has 1 amide bonds. The van der Waals surface area contributed by atoms with Gasteiger partial charge in [-0.1, -0.05) is 42.5 Å². The molecule has 1 atom stereocenters. The molecule has 0 bridgehead atoms. The first-order chi connectivity index (χ1) is 16.6. The van der Waals surface area contributed by atoms with Gasteiger partial charge < -0.3 is 24.3 Å². The molecule has 34 heavy (non-hydrogen) atoms. The summed E-state index contributed by atoms with van der Waals surface area (Å²) < 4.78 is 16.4. The zero-order valence-electron chi connectivity index (χ0n) is 18.7. The third-order valence-corrected chi connectivity index (χ3v) is 5.43. The summed E-state index contributed by atoms with van der Waals surface area (Å²) in [5.74, 6) is 0.739. The van der Waals surface area contributed by atoms with Crippen molar-refractivity contribution in [3.63, 3.8) is 0 Å². The molecular weight excluding hydrogens is 434 g/mol. The second-order valence-electron chi connectivity index (χ2n) is 7.79. The Kier molecular flexibility index (Phi) is 7.25. The van der Waals surface area contributed by atoms with E-state index in [1.807, 2.05) is 30.3 Å². The van der Waals surface area contributed by atoms with Crippen molar-refractivity contribution in [2.24, 2.45) is 0 Å². The Hall–Kier alpha value is -4.10. The van der Waals surface area contributed by atoms with Gasteiger partial charge in [0.2, 0.25) is 0 Å². The fourth-order valence-corrected chi connectivity index (χ4v) is 3.65. The molecule has 0 fully saturated rings. The molecule has 0 aliphatic heterocycles. The molecule has 0 aliphatic carbocycles. The van der Waals surface area contributed by atoms with Gasteiger partial charge in [-0.2, -0.15) is 0 Å². The Bertz CT molecular complexity index is 1310. The van der Waals surface area contributed by atoms with Crippen LogP contribution < -0.4 is 20.2 Å². The van der Waals surface area contributed by atoms with Crippen LogP contribution in [0.5, 0.6) is 11.5 Å². The molecule has 0 spiro atoms. The maximum absolute atomic E-state index is 12.9. The van der Waals surface area contributed by atoms with Crippen molar-refractivity contribution in [2.45, 2.75) is 12.5 Å². The number of carbonyl (C=O) groups is 1. The third-order valence-electron chi connectivity index (χ3n) is 5.43. The number of benzene rings is 3. The Morgan fingerprint density at radius 2 is 1.76 bits per heavy atom. The smallest absolute Gasteiger partial charge is 0.258 e. The van der Waals surface area contributed by atoms with Gasteiger partial charge in [-0.25, -0.2) is 0 Å². The van der Waals surface area contributed by atoms with Gasteiger partial charge in [-0.3, -0.25) is 9.59 Å². The van der Waals surface area contributed by atoms with Gasteiger partial charge in [0.05, 0.1) is 30.7 Å². The molecule has 0 aliphatic rings. The highest BCUT2D eigenvalue weighted by molar-refractivity contribution is 5.83. The van der Waals surface area contributed by atoms with Crippen LogP contribution in [0, 0.1) is 0 Å². The van der Waals surface area contributed by atoms with Gasteiger partial charge in [0.15, 0.2) is 12.0 Å². The SMILES string of the molecule is COc1ccc(-c2coc3cc(OCC(=O)N[C@@H](CO)Cc4ccccc4)ccc3c2=O)cc1. The minimum absolute atomic E-state index is 0.164. The minimum Gasteiger partial charge on any atom is -0.497 e. The van der Waals surface area contributed by atoms with Crippen molar-refractivity contribution in [1.82, 2.24) is 5.32 Å². The van der Waals surface area contributed by atoms with Crippen molar-refractivity contribution >= 4 is 16.9 Å². The van der Waals surface area contributed by atoms with E-state index in [1.54, 1.807) is 49.6 Å². The summed E-state index contributed by atoms with van der Waals surface area (Å²) in [6.07, 6.45) is 1.93. The maximum atomic E-state index is 12.9. The summed E-state index contributed by atoms with van der Waals surface area (Å²) in [4.78, 5) is 25.3. The molecule has 174 valence electrons. The van der Waals surface area contributed by atoms with E-state index in [0.29, 0.717) is 34.5 Å². The van der Waals surface area contributed by atoms with Crippen LogP contribution >= 0.6 is 0 Å². The molecule has 7 heteroatoms. The van der Waals surface area contributed by atoms with Crippen LogP contribution in [0.3, 0.4) is 0 Å². The zero-order valence-corrected chi connectivity index (χ0v) is 18.7. The van der Waals surface area contributed by atoms with Crippen LogP contribution in [-0.2, 0) is 11.2 Å². The number of hydrogen-bond donors (Lipinski definition) is 2. The first-order valence-corrected chi connectivity index (χ1v) is 10.8. The predicted octanol–water partition coefficient (Wildman–Crippen LogP) is 3.57. The molecule has 4 aromatic rings. The average molecular weight is 459 g/mol. The molecule has 7 nitrogen and oxygen atoms in total. The number of rotatable bonds is 9. The Balaban J connectivity index is 1.41. The van der Waals surface area contributed by atoms with Gasteiger partial charge in [-0.05, 0) is 41.8 Å². The van der Waals surface area contributed by atoms with E-state index in [9.17, 15) is 14.7 Å². The maximum Gasteiger partial charge on any atom is 0.258 e. The number of aliphatic hydroxyl groups is 1. The molecule has 1 heterocycles. The van der Waals surface area contributed by atoms with E-state index in [-0.39, 0.29) is 24.5 Å². The summed E-state index contributed by atoms with van der Waals surface area (Å²) in [5.41, 5.74) is 2.38. The van der Waals surface area contributed by atoms with Crippen LogP contribution in [0.1, 0.15) is 5.56 Å². The van der Waals surface area contributed by atoms with Crippen molar-refractivity contribution in [3.05, 3.63) is 94.8 Å². The molecule has 0 unspecified atom stereocenters. The van der Waals surface area contributed by atoms with E-state index in [0.717, 1.165) is 11.1 Å². The number of carbonyl (C=O) groups excluding carboxylic acids is 1. The molecule has 2 N–H and O–H groups in total. The van der Waals surface area contributed by atoms with Crippen LogP contribution in [0.2, 0.25) is 0 Å². The fourth-order valence-electron chi connectivity index (χ4n) is 3.65. The third kappa shape index (κ3) is 5.44. The number of nitrogens with one attached hydrogen (secondary N) is 1. The highest BCUT2D eigenvalue weighted by Crippen LogP contribution is 2.24. The quantitative estimate of drug-likeness (QED) is 0.397. The number of hydrogen-bond acceptors (Lipinski definition) is 6. The predicted molar refractivity (Wildman–Crippen MR) is 129 cm³/mol. The van der Waals surface area contributed by atoms with E-state index < -0.39 is 6.04 Å². The Morgan fingerprint density at radius 3 is 2.47 bits per heavy atom. The summed E-state index contributed by atoms with van der Waals surface area (Å²) in [6, 6.07) is 21.2. The summed E-state index contributed by atoms with van der Waals surface area (Å²) in [6.45, 7) is -0.413. The first-order valence-electron chi connectivity index (χ1n) is 10.8. The monoisotopic (exact) mass is 459 g/mol. The lowest BCUT2D eigenvalue weighted by atomic mass is 10.1. The van der Waals surface area contributed by atoms with Crippen LogP contribution in [-0.4, -0.2) is 37.4 Å². The van der Waals surface area contributed by atoms with Crippen LogP contribution in [0.4, 0.5) is 0 Å². The van der Waals surface area contributed by atoms with E-state index in [2.05, 4.69) is 5.32 Å². The lowest BCUT2D eigenvalue weighted by Gasteiger charge is -2.16. The van der Waals surface area contributed by atoms with Crippen molar-refractivity contribution in [3.8, 4) is 22.6 Å². The van der Waals surface area contributed by atoms with Gasteiger partial charge in [0.25, 0.3) is 5.91 Å². The van der Waals surface area contributed by atoms with Crippen LogP contribution in [0.15, 0.2) is 88.3 Å². The summed E-state index contributed by atoms with van der Waals surface area (Å²) >= 11 is 0. The summed E-state index contributed by atoms with van der Waals surface area (Å²) in [5, 5.41) is 12.8. The first kappa shape index (κ1) is 23.1. The molecule has 0 radical (unpaired) electrons. The second kappa shape index (κ2) is 10.7. The standard InChI is InChI=1S/C27H25NO6/c1-32-21-9-7-19(8-10-21)24-16-34-25-14-22(11-12-23(25)27(24)31)33-17-26(30)28-20(15-29)13-18-5-3-2-4-6-18/h2-12,14,16,20,29H,13,15,17H2,1H3,(H,28,30)/t20-/m1/s1. The van der Waals surface area contributed by atoms with Crippen molar-refractivity contribution < 1.29 is 23.8 Å². The van der Waals surface area contributed by atoms with Gasteiger partial charge >= 0.3 is 0 Å². The lowest BCUT2D eigenvalue weighted by molar-refractivity contribution is -0.124. The molecule has 0 saturated heterocycles. The van der Waals surface area contributed by atoms with Crippen molar-refractivity contribution in [1.29, 1.82) is 0 Å². The van der Waals surface area contributed by atoms with E-state index >= 15 is 0 Å². The highest BCUT2D eigenvalue weighted by Gasteiger charge is 2.14. The highest BCUT2D eigenvalue weighted by atomic mass is 16.5. The lowest BCUT2D eigenvalue weighted by Crippen LogP contribution is -2.41. The number of fused-ring (bicyclic) bond motifs is 1. The Labute approximate surface area is 196 Å². The molecular formula is C27H25NO6. The topological polar surface area (TPSA) is 98.0 Å². The zero-order chi connectivity index (χ0) is 23.9. The number of methoxy groups -OCH3 is 1. The molecule has 1 aromatic heterocycles. The number of ether oxygens (including phenoxy) is 2. The minimum atomic E-state index is -0.412. The molecule has 4 rings (SSSR count). The summed E-state index contributed by atoms with van der Waals surface area (Å²) in [7, 11) is 1.58. The molecule has 0 saturated carbocycles. The van der Waals surface area contributed by atoms with Crippen molar-refractivity contribution in [2.75, 3.05) is 20.3 Å². The average Bonchev–Trinajstić information content (AvgIpc) is 2.88. The second-order valence-corrected chi connectivity index (χ2v) is 7.79. The Morgan fingerprint density at radius 1 is 1.03 bits per heavy atom. The van der Waals surface area contributed by atoms with Crippen LogP contribution in [0.25, 0.3) is 22.1 Å². The van der Waals surface area contributed by atoms with E-state index in [1.165, 1.54) is 6.26 Å². The van der Waals surface area contributed by atoms with Gasteiger partial charge in [-0.15, -0.1) is 0 Å². The normalized spacial score (nSPS) is 11.7. The fraction of sp³-hybridized carbons (Fsp3) is 0.185. The van der Waals surface area contributed by atoms with Gasteiger partial charge in [0.1, 0.15) is 23.3 Å². The van der Waals surface area contributed by atoms with Gasteiger partial charge in [0, 0.05) is 6.07 Å². The van der Waals surface area contributed by atoms with E-state index in [4.69, 9.17) is 13.9 Å². The number of amides is 1. The number of aliphatic hydroxyl groups excluding tert-OH is 1. The largest absolute Gasteiger partial charge is 0.497 e.